The smallest absolute Gasteiger partial charge is 0.372 e. The molecule has 114 valence electrons. The van der Waals surface area contributed by atoms with Crippen LogP contribution in [0.15, 0.2) is 24.3 Å². The number of benzene rings is 1. The van der Waals surface area contributed by atoms with Crippen LogP contribution in [0.5, 0.6) is 0 Å². The van der Waals surface area contributed by atoms with Gasteiger partial charge in [0.25, 0.3) is 0 Å². The summed E-state index contributed by atoms with van der Waals surface area (Å²) in [6.07, 6.45) is -5.46. The number of likely N-dealkylation sites (N-methyl/N-ethyl adjacent to an activating group) is 1. The molecule has 20 heavy (non-hydrogen) atoms. The van der Waals surface area contributed by atoms with Crippen LogP contribution >= 0.6 is 0 Å². The van der Waals surface area contributed by atoms with E-state index in [9.17, 15) is 17.6 Å². The van der Waals surface area contributed by atoms with Crippen molar-refractivity contribution < 1.29 is 22.3 Å². The molecule has 0 aromatic heterocycles. The lowest BCUT2D eigenvalue weighted by Gasteiger charge is -2.19. The number of nitrogens with one attached hydrogen (secondary N) is 1. The van der Waals surface area contributed by atoms with Gasteiger partial charge in [-0.2, -0.15) is 13.2 Å². The topological polar surface area (TPSA) is 21.3 Å². The van der Waals surface area contributed by atoms with Gasteiger partial charge in [-0.25, -0.2) is 4.39 Å². The third-order valence-electron chi connectivity index (χ3n) is 2.75. The summed E-state index contributed by atoms with van der Waals surface area (Å²) in [5.74, 6) is -0.354. The summed E-state index contributed by atoms with van der Waals surface area (Å²) in [4.78, 5) is 0. The summed E-state index contributed by atoms with van der Waals surface area (Å²) in [5, 5.41) is 3.08. The van der Waals surface area contributed by atoms with E-state index < -0.39 is 12.6 Å². The monoisotopic (exact) mass is 293 g/mol. The van der Waals surface area contributed by atoms with Gasteiger partial charge in [-0.05, 0) is 30.7 Å². The van der Waals surface area contributed by atoms with Gasteiger partial charge in [-0.1, -0.05) is 19.1 Å². The van der Waals surface area contributed by atoms with Crippen LogP contribution in [0.4, 0.5) is 17.6 Å². The highest BCUT2D eigenvalue weighted by molar-refractivity contribution is 5.19. The highest BCUT2D eigenvalue weighted by Gasteiger charge is 2.26. The molecule has 1 N–H and O–H groups in total. The molecule has 0 saturated carbocycles. The molecule has 1 rings (SSSR count). The van der Waals surface area contributed by atoms with Crippen molar-refractivity contribution in [3.05, 3.63) is 35.6 Å². The predicted molar refractivity (Wildman–Crippen MR) is 68.9 cm³/mol. The molecule has 2 nitrogen and oxygen atoms in total. The average molecular weight is 293 g/mol. The summed E-state index contributed by atoms with van der Waals surface area (Å²) >= 11 is 0. The molecule has 1 unspecified atom stereocenters. The molecule has 0 spiro atoms. The molecule has 6 heteroatoms. The minimum Gasteiger partial charge on any atom is -0.372 e. The van der Waals surface area contributed by atoms with Gasteiger partial charge in [-0.15, -0.1) is 0 Å². The first-order valence-electron chi connectivity index (χ1n) is 6.57. The van der Waals surface area contributed by atoms with E-state index in [1.54, 1.807) is 12.1 Å². The van der Waals surface area contributed by atoms with Gasteiger partial charge in [0.1, 0.15) is 5.82 Å². The Morgan fingerprint density at radius 2 is 1.85 bits per heavy atom. The highest BCUT2D eigenvalue weighted by Crippen LogP contribution is 2.23. The molecule has 0 aliphatic rings. The first-order chi connectivity index (χ1) is 9.42. The normalized spacial score (nSPS) is 13.4. The fourth-order valence-electron chi connectivity index (χ4n) is 1.72. The van der Waals surface area contributed by atoms with Crippen molar-refractivity contribution in [3.63, 3.8) is 0 Å². The summed E-state index contributed by atoms with van der Waals surface area (Å²) in [7, 11) is 0. The van der Waals surface area contributed by atoms with Crippen LogP contribution in [0.1, 0.15) is 31.4 Å². The molecule has 1 atom stereocenters. The minimum atomic E-state index is -4.16. The summed E-state index contributed by atoms with van der Waals surface area (Å²) in [6.45, 7) is 3.15. The molecule has 0 amide bonds. The van der Waals surface area contributed by atoms with Gasteiger partial charge >= 0.3 is 6.18 Å². The predicted octanol–water partition coefficient (Wildman–Crippen LogP) is 3.84. The van der Waals surface area contributed by atoms with Gasteiger partial charge in [0.05, 0.1) is 6.10 Å². The SMILES string of the molecule is CCNCC(OCCCC(F)(F)F)c1ccc(F)cc1. The van der Waals surface area contributed by atoms with Crippen LogP contribution in [-0.2, 0) is 4.74 Å². The van der Waals surface area contributed by atoms with Crippen LogP contribution in [-0.4, -0.2) is 25.9 Å². The maximum atomic E-state index is 12.9. The Labute approximate surface area is 116 Å². The highest BCUT2D eigenvalue weighted by atomic mass is 19.4. The van der Waals surface area contributed by atoms with Gasteiger partial charge in [0.2, 0.25) is 0 Å². The molecule has 1 aromatic carbocycles. The fraction of sp³-hybridized carbons (Fsp3) is 0.571. The van der Waals surface area contributed by atoms with E-state index in [4.69, 9.17) is 4.74 Å². The van der Waals surface area contributed by atoms with Gasteiger partial charge in [-0.3, -0.25) is 0 Å². The third-order valence-corrected chi connectivity index (χ3v) is 2.75. The van der Waals surface area contributed by atoms with Crippen LogP contribution in [0.25, 0.3) is 0 Å². The summed E-state index contributed by atoms with van der Waals surface area (Å²) in [6, 6.07) is 5.79. The Morgan fingerprint density at radius 1 is 1.20 bits per heavy atom. The summed E-state index contributed by atoms with van der Waals surface area (Å²) in [5.41, 5.74) is 0.749. The van der Waals surface area contributed by atoms with Crippen LogP contribution in [0, 0.1) is 5.82 Å². The molecule has 0 heterocycles. The zero-order chi connectivity index (χ0) is 15.0. The number of rotatable bonds is 8. The third kappa shape index (κ3) is 6.86. The average Bonchev–Trinajstić information content (AvgIpc) is 2.38. The number of ether oxygens (including phenoxy) is 1. The van der Waals surface area contributed by atoms with Crippen LogP contribution in [0.2, 0.25) is 0 Å². The molecular weight excluding hydrogens is 274 g/mol. The van der Waals surface area contributed by atoms with Crippen molar-refractivity contribution in [2.24, 2.45) is 0 Å². The standard InChI is InChI=1S/C14H19F4NO/c1-2-19-10-13(11-4-6-12(15)7-5-11)20-9-3-8-14(16,17)18/h4-7,13,19H,2-3,8-10H2,1H3. The lowest BCUT2D eigenvalue weighted by atomic mass is 10.1. The Hall–Kier alpha value is -1.14. The Kier molecular flexibility index (Phi) is 6.95. The number of hydrogen-bond donors (Lipinski definition) is 1. The number of hydrogen-bond acceptors (Lipinski definition) is 2. The van der Waals surface area contributed by atoms with E-state index in [-0.39, 0.29) is 24.9 Å². The van der Waals surface area contributed by atoms with E-state index in [2.05, 4.69) is 5.32 Å². The van der Waals surface area contributed by atoms with Gasteiger partial charge in [0, 0.05) is 19.6 Å². The molecule has 0 radical (unpaired) electrons. The Morgan fingerprint density at radius 3 is 2.40 bits per heavy atom. The van der Waals surface area contributed by atoms with E-state index >= 15 is 0 Å². The minimum absolute atomic E-state index is 0.0208. The molecule has 0 aliphatic carbocycles. The lowest BCUT2D eigenvalue weighted by molar-refractivity contribution is -0.138. The molecule has 0 saturated heterocycles. The van der Waals surface area contributed by atoms with E-state index in [0.717, 1.165) is 12.1 Å². The number of alkyl halides is 3. The van der Waals surface area contributed by atoms with Crippen molar-refractivity contribution in [1.82, 2.24) is 5.32 Å². The van der Waals surface area contributed by atoms with Gasteiger partial charge < -0.3 is 10.1 Å². The van der Waals surface area contributed by atoms with Crippen molar-refractivity contribution in [2.75, 3.05) is 19.7 Å². The van der Waals surface area contributed by atoms with Crippen LogP contribution in [0.3, 0.4) is 0 Å². The van der Waals surface area contributed by atoms with E-state index in [1.165, 1.54) is 12.1 Å². The quantitative estimate of drug-likeness (QED) is 0.581. The van der Waals surface area contributed by atoms with Crippen molar-refractivity contribution in [3.8, 4) is 0 Å². The van der Waals surface area contributed by atoms with Crippen LogP contribution < -0.4 is 5.32 Å². The Balaban J connectivity index is 2.49. The molecule has 0 bridgehead atoms. The second-order valence-corrected chi connectivity index (χ2v) is 4.44. The maximum Gasteiger partial charge on any atom is 0.389 e. The van der Waals surface area contributed by atoms with E-state index in [1.807, 2.05) is 6.92 Å². The Bertz CT molecular complexity index is 378. The lowest BCUT2D eigenvalue weighted by Crippen LogP contribution is -2.23. The second kappa shape index (κ2) is 8.21. The largest absolute Gasteiger partial charge is 0.389 e. The second-order valence-electron chi connectivity index (χ2n) is 4.44. The van der Waals surface area contributed by atoms with E-state index in [0.29, 0.717) is 6.54 Å². The zero-order valence-corrected chi connectivity index (χ0v) is 11.3. The zero-order valence-electron chi connectivity index (χ0n) is 11.3. The van der Waals surface area contributed by atoms with Crippen molar-refractivity contribution >= 4 is 0 Å². The fourth-order valence-corrected chi connectivity index (χ4v) is 1.72. The molecule has 0 aliphatic heterocycles. The maximum absolute atomic E-state index is 12.9. The first-order valence-corrected chi connectivity index (χ1v) is 6.57. The number of halogens is 4. The van der Waals surface area contributed by atoms with Crippen molar-refractivity contribution in [2.45, 2.75) is 32.0 Å². The van der Waals surface area contributed by atoms with Crippen molar-refractivity contribution in [1.29, 1.82) is 0 Å². The molecule has 1 aromatic rings. The molecule has 0 fully saturated rings. The molecular formula is C14H19F4NO. The van der Waals surface area contributed by atoms with Gasteiger partial charge in [0.15, 0.2) is 0 Å². The summed E-state index contributed by atoms with van der Waals surface area (Å²) < 4.78 is 54.5. The first kappa shape index (κ1) is 16.9.